The number of carbonyl (C=O) groups is 2. The maximum absolute atomic E-state index is 12.4. The van der Waals surface area contributed by atoms with E-state index in [2.05, 4.69) is 10.9 Å². The molecule has 0 radical (unpaired) electrons. The highest BCUT2D eigenvalue weighted by Crippen LogP contribution is 2.29. The number of hydrogen-bond acceptors (Lipinski definition) is 5. The molecule has 2 N–H and O–H groups in total. The lowest BCUT2D eigenvalue weighted by Gasteiger charge is -2.13. The number of benzene rings is 2. The molecule has 7 nitrogen and oxygen atoms in total. The van der Waals surface area contributed by atoms with Crippen molar-refractivity contribution < 1.29 is 23.5 Å². The fourth-order valence-electron chi connectivity index (χ4n) is 2.85. The highest BCUT2D eigenvalue weighted by molar-refractivity contribution is 6.01. The summed E-state index contributed by atoms with van der Waals surface area (Å²) in [5.41, 5.74) is 7.14. The van der Waals surface area contributed by atoms with E-state index >= 15 is 0 Å². The molecule has 0 spiro atoms. The fourth-order valence-corrected chi connectivity index (χ4v) is 2.85. The zero-order chi connectivity index (χ0) is 19.6. The van der Waals surface area contributed by atoms with E-state index in [1.54, 1.807) is 25.1 Å². The molecule has 140 valence electrons. The minimum atomic E-state index is -0.539. The highest BCUT2D eigenvalue weighted by Gasteiger charge is 2.19. The third kappa shape index (κ3) is 3.44. The number of fused-ring (bicyclic) bond motifs is 1. The van der Waals surface area contributed by atoms with Crippen LogP contribution >= 0.6 is 0 Å². The van der Waals surface area contributed by atoms with Gasteiger partial charge in [0.15, 0.2) is 5.76 Å². The van der Waals surface area contributed by atoms with E-state index in [0.717, 1.165) is 10.9 Å². The van der Waals surface area contributed by atoms with Crippen LogP contribution in [0.2, 0.25) is 0 Å². The van der Waals surface area contributed by atoms with Crippen molar-refractivity contribution in [3.63, 3.8) is 0 Å². The molecule has 0 aliphatic carbocycles. The molecule has 0 atom stereocenters. The molecule has 3 rings (SSSR count). The van der Waals surface area contributed by atoms with Gasteiger partial charge in [0.05, 0.1) is 14.2 Å². The molecule has 0 unspecified atom stereocenters. The Labute approximate surface area is 156 Å². The molecule has 0 bridgehead atoms. The summed E-state index contributed by atoms with van der Waals surface area (Å²) in [7, 11) is 3.02. The summed E-state index contributed by atoms with van der Waals surface area (Å²) in [6, 6.07) is 10.5. The number of amides is 2. The van der Waals surface area contributed by atoms with Gasteiger partial charge in [-0.3, -0.25) is 20.4 Å². The van der Waals surface area contributed by atoms with E-state index in [1.807, 2.05) is 25.1 Å². The number of para-hydroxylation sites is 1. The first kappa shape index (κ1) is 18.3. The van der Waals surface area contributed by atoms with Gasteiger partial charge in [0.25, 0.3) is 5.91 Å². The number of methoxy groups -OCH3 is 2. The van der Waals surface area contributed by atoms with Crippen molar-refractivity contribution in [2.24, 2.45) is 0 Å². The fraction of sp³-hybridized carbons (Fsp3) is 0.200. The Morgan fingerprint density at radius 1 is 0.889 bits per heavy atom. The minimum absolute atomic E-state index is 0.149. The van der Waals surface area contributed by atoms with E-state index < -0.39 is 11.8 Å². The SMILES string of the molecule is COc1cc(C(=O)NNC(=O)c2oc3ccccc3c2C)cc(OC)c1C. The van der Waals surface area contributed by atoms with Crippen LogP contribution in [0, 0.1) is 13.8 Å². The van der Waals surface area contributed by atoms with E-state index in [0.29, 0.717) is 22.6 Å². The van der Waals surface area contributed by atoms with Crippen molar-refractivity contribution in [2.75, 3.05) is 14.2 Å². The lowest BCUT2D eigenvalue weighted by Crippen LogP contribution is -2.41. The summed E-state index contributed by atoms with van der Waals surface area (Å²) in [6.07, 6.45) is 0. The van der Waals surface area contributed by atoms with Gasteiger partial charge in [-0.1, -0.05) is 18.2 Å². The van der Waals surface area contributed by atoms with Crippen LogP contribution in [-0.2, 0) is 0 Å². The monoisotopic (exact) mass is 368 g/mol. The first-order chi connectivity index (χ1) is 13.0. The standard InChI is InChI=1S/C20H20N2O5/c1-11-14-7-5-6-8-15(14)27-18(11)20(24)22-21-19(23)13-9-16(25-3)12(2)17(10-13)26-4/h5-10H,1-4H3,(H,21,23)(H,22,24). The van der Waals surface area contributed by atoms with Gasteiger partial charge in [0.1, 0.15) is 17.1 Å². The smallest absolute Gasteiger partial charge is 0.305 e. The van der Waals surface area contributed by atoms with Crippen LogP contribution in [0.1, 0.15) is 32.0 Å². The summed E-state index contributed by atoms with van der Waals surface area (Å²) in [5, 5.41) is 0.849. The van der Waals surface area contributed by atoms with Crippen molar-refractivity contribution in [1.29, 1.82) is 0 Å². The second-order valence-electron chi connectivity index (χ2n) is 5.97. The number of rotatable bonds is 4. The number of carbonyl (C=O) groups excluding carboxylic acids is 2. The Hall–Kier alpha value is -3.48. The van der Waals surface area contributed by atoms with Crippen molar-refractivity contribution in [2.45, 2.75) is 13.8 Å². The van der Waals surface area contributed by atoms with E-state index in [9.17, 15) is 9.59 Å². The van der Waals surface area contributed by atoms with Crippen molar-refractivity contribution in [1.82, 2.24) is 10.9 Å². The van der Waals surface area contributed by atoms with Crippen molar-refractivity contribution >= 4 is 22.8 Å². The van der Waals surface area contributed by atoms with Gasteiger partial charge < -0.3 is 13.9 Å². The molecule has 3 aromatic rings. The van der Waals surface area contributed by atoms with Crippen LogP contribution < -0.4 is 20.3 Å². The lowest BCUT2D eigenvalue weighted by atomic mass is 10.1. The van der Waals surface area contributed by atoms with Crippen LogP contribution in [-0.4, -0.2) is 26.0 Å². The number of furan rings is 1. The Balaban J connectivity index is 1.77. The molecule has 2 amide bonds. The molecular formula is C20H20N2O5. The van der Waals surface area contributed by atoms with Crippen LogP contribution in [0.5, 0.6) is 11.5 Å². The molecule has 2 aromatic carbocycles. The Morgan fingerprint density at radius 3 is 2.07 bits per heavy atom. The van der Waals surface area contributed by atoms with Gasteiger partial charge in [-0.25, -0.2) is 0 Å². The number of ether oxygens (including phenoxy) is 2. The average molecular weight is 368 g/mol. The summed E-state index contributed by atoms with van der Waals surface area (Å²) in [6.45, 7) is 3.61. The van der Waals surface area contributed by atoms with Crippen LogP contribution in [0.25, 0.3) is 11.0 Å². The van der Waals surface area contributed by atoms with Gasteiger partial charge in [-0.15, -0.1) is 0 Å². The summed E-state index contributed by atoms with van der Waals surface area (Å²) in [5.74, 6) is 0.130. The third-order valence-electron chi connectivity index (χ3n) is 4.35. The van der Waals surface area contributed by atoms with Gasteiger partial charge in [-0.05, 0) is 32.0 Å². The summed E-state index contributed by atoms with van der Waals surface area (Å²) >= 11 is 0. The van der Waals surface area contributed by atoms with Crippen molar-refractivity contribution in [3.05, 3.63) is 58.8 Å². The quantitative estimate of drug-likeness (QED) is 0.691. The Kier molecular flexibility index (Phi) is 5.03. The van der Waals surface area contributed by atoms with Gasteiger partial charge in [0.2, 0.25) is 0 Å². The lowest BCUT2D eigenvalue weighted by molar-refractivity contribution is 0.0831. The van der Waals surface area contributed by atoms with Gasteiger partial charge in [0, 0.05) is 22.1 Å². The molecule has 0 aliphatic rings. The normalized spacial score (nSPS) is 10.5. The number of aryl methyl sites for hydroxylation is 1. The average Bonchev–Trinajstić information content (AvgIpc) is 3.03. The second-order valence-corrected chi connectivity index (χ2v) is 5.97. The van der Waals surface area contributed by atoms with E-state index in [4.69, 9.17) is 13.9 Å². The van der Waals surface area contributed by atoms with Crippen molar-refractivity contribution in [3.8, 4) is 11.5 Å². The maximum Gasteiger partial charge on any atom is 0.305 e. The zero-order valence-electron chi connectivity index (χ0n) is 15.5. The topological polar surface area (TPSA) is 89.8 Å². The van der Waals surface area contributed by atoms with Gasteiger partial charge >= 0.3 is 5.91 Å². The predicted octanol–water partition coefficient (Wildman–Crippen LogP) is 3.14. The molecule has 7 heteroatoms. The number of hydrogen-bond donors (Lipinski definition) is 2. The number of hydrazine groups is 1. The molecular weight excluding hydrogens is 348 g/mol. The number of nitrogens with one attached hydrogen (secondary N) is 2. The van der Waals surface area contributed by atoms with Gasteiger partial charge in [-0.2, -0.15) is 0 Å². The zero-order valence-corrected chi connectivity index (χ0v) is 15.5. The summed E-state index contributed by atoms with van der Waals surface area (Å²) < 4.78 is 16.1. The third-order valence-corrected chi connectivity index (χ3v) is 4.35. The molecule has 0 saturated heterocycles. The molecule has 27 heavy (non-hydrogen) atoms. The van der Waals surface area contributed by atoms with E-state index in [1.165, 1.54) is 14.2 Å². The molecule has 1 aromatic heterocycles. The Morgan fingerprint density at radius 2 is 1.48 bits per heavy atom. The maximum atomic E-state index is 12.4. The Bertz CT molecular complexity index is 997. The first-order valence-corrected chi connectivity index (χ1v) is 8.27. The highest BCUT2D eigenvalue weighted by atomic mass is 16.5. The van der Waals surface area contributed by atoms with Crippen LogP contribution in [0.15, 0.2) is 40.8 Å². The molecule has 1 heterocycles. The van der Waals surface area contributed by atoms with E-state index in [-0.39, 0.29) is 11.3 Å². The first-order valence-electron chi connectivity index (χ1n) is 8.27. The van der Waals surface area contributed by atoms with Crippen LogP contribution in [0.4, 0.5) is 0 Å². The largest absolute Gasteiger partial charge is 0.496 e. The minimum Gasteiger partial charge on any atom is -0.496 e. The molecule has 0 fully saturated rings. The predicted molar refractivity (Wildman–Crippen MR) is 100 cm³/mol. The second kappa shape index (κ2) is 7.41. The molecule has 0 saturated carbocycles. The molecule has 0 aliphatic heterocycles. The summed E-state index contributed by atoms with van der Waals surface area (Å²) in [4.78, 5) is 24.8. The van der Waals surface area contributed by atoms with Crippen LogP contribution in [0.3, 0.4) is 0 Å².